The number of halogens is 1. The van der Waals surface area contributed by atoms with Crippen LogP contribution in [0.4, 0.5) is 4.39 Å². The third-order valence-electron chi connectivity index (χ3n) is 2.73. The van der Waals surface area contributed by atoms with E-state index in [-0.39, 0.29) is 11.3 Å². The molecule has 1 N–H and O–H groups in total. The van der Waals surface area contributed by atoms with E-state index in [1.54, 1.807) is 6.07 Å². The lowest BCUT2D eigenvalue weighted by molar-refractivity contribution is 0.386. The maximum Gasteiger partial charge on any atom is 0.251 e. The zero-order chi connectivity index (χ0) is 13.8. The Morgan fingerprint density at radius 2 is 2.16 bits per heavy atom. The molecule has 0 radical (unpaired) electrons. The number of rotatable bonds is 4. The van der Waals surface area contributed by atoms with Crippen LogP contribution in [0.2, 0.25) is 0 Å². The summed E-state index contributed by atoms with van der Waals surface area (Å²) >= 11 is 0. The second-order valence-corrected chi connectivity index (χ2v) is 4.18. The van der Waals surface area contributed by atoms with Crippen LogP contribution in [0.1, 0.15) is 19.0 Å². The van der Waals surface area contributed by atoms with Gasteiger partial charge in [-0.15, -0.1) is 0 Å². The van der Waals surface area contributed by atoms with Gasteiger partial charge in [-0.05, 0) is 24.6 Å². The summed E-state index contributed by atoms with van der Waals surface area (Å²) in [6.45, 7) is 2.02. The van der Waals surface area contributed by atoms with Gasteiger partial charge in [0.15, 0.2) is 11.6 Å². The number of H-pyrrole nitrogens is 1. The number of aromatic nitrogens is 2. The fourth-order valence-electron chi connectivity index (χ4n) is 1.84. The predicted molar refractivity (Wildman–Crippen MR) is 70.8 cm³/mol. The molecule has 1 heterocycles. The highest BCUT2D eigenvalue weighted by molar-refractivity contribution is 5.57. The molecule has 0 aliphatic carbocycles. The zero-order valence-electron chi connectivity index (χ0n) is 10.9. The van der Waals surface area contributed by atoms with Gasteiger partial charge in [0, 0.05) is 17.3 Å². The molecule has 0 bridgehead atoms. The van der Waals surface area contributed by atoms with Crippen LogP contribution in [-0.2, 0) is 6.42 Å². The molecular weight excluding hydrogens is 247 g/mol. The van der Waals surface area contributed by atoms with Gasteiger partial charge < -0.3 is 9.72 Å². The molecule has 2 rings (SSSR count). The van der Waals surface area contributed by atoms with Crippen molar-refractivity contribution in [3.63, 3.8) is 0 Å². The van der Waals surface area contributed by atoms with Crippen molar-refractivity contribution in [1.29, 1.82) is 0 Å². The van der Waals surface area contributed by atoms with Gasteiger partial charge >= 0.3 is 0 Å². The SMILES string of the molecule is CCCc1cc(=O)[nH]c(-c2ccc(F)c(OC)c2)n1. The molecule has 2 aromatic rings. The second kappa shape index (κ2) is 5.65. The van der Waals surface area contributed by atoms with E-state index in [1.807, 2.05) is 6.92 Å². The van der Waals surface area contributed by atoms with Crippen LogP contribution >= 0.6 is 0 Å². The Morgan fingerprint density at radius 3 is 2.84 bits per heavy atom. The number of benzene rings is 1. The Bertz CT molecular complexity index is 638. The van der Waals surface area contributed by atoms with E-state index in [2.05, 4.69) is 9.97 Å². The summed E-state index contributed by atoms with van der Waals surface area (Å²) in [7, 11) is 1.39. The standard InChI is InChI=1S/C14H15FN2O2/c1-3-4-10-8-13(18)17-14(16-10)9-5-6-11(15)12(7-9)19-2/h5-8H,3-4H2,1-2H3,(H,16,17,18). The third kappa shape index (κ3) is 2.99. The van der Waals surface area contributed by atoms with Crippen LogP contribution in [-0.4, -0.2) is 17.1 Å². The summed E-state index contributed by atoms with van der Waals surface area (Å²) in [4.78, 5) is 18.6. The lowest BCUT2D eigenvalue weighted by atomic mass is 10.2. The van der Waals surface area contributed by atoms with Crippen molar-refractivity contribution in [2.24, 2.45) is 0 Å². The molecule has 0 amide bonds. The van der Waals surface area contributed by atoms with Crippen molar-refractivity contribution in [2.45, 2.75) is 19.8 Å². The Kier molecular flexibility index (Phi) is 3.94. The van der Waals surface area contributed by atoms with E-state index in [4.69, 9.17) is 4.74 Å². The summed E-state index contributed by atoms with van der Waals surface area (Å²) in [6, 6.07) is 5.85. The molecule has 0 aliphatic rings. The fraction of sp³-hybridized carbons (Fsp3) is 0.286. The Labute approximate surface area is 110 Å². The summed E-state index contributed by atoms with van der Waals surface area (Å²) in [5.74, 6) is 0.105. The normalized spacial score (nSPS) is 10.5. The van der Waals surface area contributed by atoms with Gasteiger partial charge in [-0.3, -0.25) is 4.79 Å². The minimum atomic E-state index is -0.446. The maximum absolute atomic E-state index is 13.3. The molecule has 100 valence electrons. The van der Waals surface area contributed by atoms with Crippen LogP contribution in [0.3, 0.4) is 0 Å². The van der Waals surface area contributed by atoms with Crippen molar-refractivity contribution < 1.29 is 9.13 Å². The monoisotopic (exact) mass is 262 g/mol. The average molecular weight is 262 g/mol. The fourth-order valence-corrected chi connectivity index (χ4v) is 1.84. The number of hydrogen-bond acceptors (Lipinski definition) is 3. The highest BCUT2D eigenvalue weighted by Crippen LogP contribution is 2.23. The minimum absolute atomic E-state index is 0.126. The summed E-state index contributed by atoms with van der Waals surface area (Å²) < 4.78 is 18.3. The molecular formula is C14H15FN2O2. The number of ether oxygens (including phenoxy) is 1. The van der Waals surface area contributed by atoms with Crippen LogP contribution in [0.15, 0.2) is 29.1 Å². The van der Waals surface area contributed by atoms with Crippen LogP contribution < -0.4 is 10.3 Å². The molecule has 0 fully saturated rings. The first-order chi connectivity index (χ1) is 9.13. The topological polar surface area (TPSA) is 55.0 Å². The van der Waals surface area contributed by atoms with E-state index >= 15 is 0 Å². The molecule has 0 aliphatic heterocycles. The number of methoxy groups -OCH3 is 1. The molecule has 5 heteroatoms. The average Bonchev–Trinajstić information content (AvgIpc) is 2.39. The highest BCUT2D eigenvalue weighted by Gasteiger charge is 2.08. The molecule has 0 spiro atoms. The first-order valence-corrected chi connectivity index (χ1v) is 6.08. The molecule has 19 heavy (non-hydrogen) atoms. The Hall–Kier alpha value is -2.17. The number of nitrogens with one attached hydrogen (secondary N) is 1. The van der Waals surface area contributed by atoms with E-state index in [1.165, 1.54) is 25.3 Å². The number of nitrogens with zero attached hydrogens (tertiary/aromatic N) is 1. The van der Waals surface area contributed by atoms with Gasteiger partial charge in [-0.25, -0.2) is 9.37 Å². The smallest absolute Gasteiger partial charge is 0.251 e. The van der Waals surface area contributed by atoms with Gasteiger partial charge in [-0.2, -0.15) is 0 Å². The number of hydrogen-bond donors (Lipinski definition) is 1. The van der Waals surface area contributed by atoms with Crippen molar-refractivity contribution in [1.82, 2.24) is 9.97 Å². The quantitative estimate of drug-likeness (QED) is 0.921. The largest absolute Gasteiger partial charge is 0.494 e. The van der Waals surface area contributed by atoms with Crippen molar-refractivity contribution in [3.05, 3.63) is 46.1 Å². The molecule has 0 saturated heterocycles. The van der Waals surface area contributed by atoms with E-state index < -0.39 is 5.82 Å². The van der Waals surface area contributed by atoms with Crippen molar-refractivity contribution >= 4 is 0 Å². The Morgan fingerprint density at radius 1 is 1.37 bits per heavy atom. The third-order valence-corrected chi connectivity index (χ3v) is 2.73. The molecule has 1 aromatic heterocycles. The van der Waals surface area contributed by atoms with Gasteiger partial charge in [0.1, 0.15) is 5.82 Å². The number of aryl methyl sites for hydroxylation is 1. The van der Waals surface area contributed by atoms with Crippen molar-refractivity contribution in [2.75, 3.05) is 7.11 Å². The molecule has 0 atom stereocenters. The molecule has 1 aromatic carbocycles. The summed E-state index contributed by atoms with van der Waals surface area (Å²) in [5, 5.41) is 0. The van der Waals surface area contributed by atoms with Crippen LogP contribution in [0.5, 0.6) is 5.75 Å². The maximum atomic E-state index is 13.3. The molecule has 0 saturated carbocycles. The second-order valence-electron chi connectivity index (χ2n) is 4.18. The first kappa shape index (κ1) is 13.3. The van der Waals surface area contributed by atoms with Gasteiger partial charge in [0.25, 0.3) is 5.56 Å². The molecule has 4 nitrogen and oxygen atoms in total. The van der Waals surface area contributed by atoms with Gasteiger partial charge in [-0.1, -0.05) is 13.3 Å². The Balaban J connectivity index is 2.49. The number of aromatic amines is 1. The lowest BCUT2D eigenvalue weighted by Crippen LogP contribution is -2.10. The summed E-state index contributed by atoms with van der Waals surface area (Å²) in [6.07, 6.45) is 1.64. The van der Waals surface area contributed by atoms with E-state index in [0.717, 1.165) is 18.5 Å². The van der Waals surface area contributed by atoms with Gasteiger partial charge in [0.2, 0.25) is 0 Å². The first-order valence-electron chi connectivity index (χ1n) is 6.08. The minimum Gasteiger partial charge on any atom is -0.494 e. The lowest BCUT2D eigenvalue weighted by Gasteiger charge is -2.06. The highest BCUT2D eigenvalue weighted by atomic mass is 19.1. The van der Waals surface area contributed by atoms with E-state index in [0.29, 0.717) is 11.4 Å². The zero-order valence-corrected chi connectivity index (χ0v) is 10.9. The van der Waals surface area contributed by atoms with Crippen LogP contribution in [0.25, 0.3) is 11.4 Å². The van der Waals surface area contributed by atoms with E-state index in [9.17, 15) is 9.18 Å². The van der Waals surface area contributed by atoms with Crippen LogP contribution in [0, 0.1) is 5.82 Å². The predicted octanol–water partition coefficient (Wildman–Crippen LogP) is 2.54. The van der Waals surface area contributed by atoms with Crippen molar-refractivity contribution in [3.8, 4) is 17.1 Å². The molecule has 0 unspecified atom stereocenters. The summed E-state index contributed by atoms with van der Waals surface area (Å²) in [5.41, 5.74) is 1.13. The van der Waals surface area contributed by atoms with Gasteiger partial charge in [0.05, 0.1) is 7.11 Å².